The van der Waals surface area contributed by atoms with Crippen LogP contribution in [0.1, 0.15) is 41.3 Å². The molecule has 1 amide bonds. The number of unbranched alkanes of at least 4 members (excludes halogenated alkanes) is 1. The lowest BCUT2D eigenvalue weighted by Crippen LogP contribution is -2.33. The molecular formula is C22H29NO5S. The molecule has 0 saturated heterocycles. The van der Waals surface area contributed by atoms with Crippen LogP contribution in [-0.4, -0.2) is 45.7 Å². The maximum atomic E-state index is 13.0. The second-order valence-electron chi connectivity index (χ2n) is 6.95. The van der Waals surface area contributed by atoms with E-state index in [1.807, 2.05) is 24.3 Å². The number of hydrogen-bond donors (Lipinski definition) is 0. The average molecular weight is 420 g/mol. The van der Waals surface area contributed by atoms with Crippen molar-refractivity contribution in [3.63, 3.8) is 0 Å². The lowest BCUT2D eigenvalue weighted by atomic mass is 10.1. The number of aryl methyl sites for hydroxylation is 1. The summed E-state index contributed by atoms with van der Waals surface area (Å²) in [6, 6.07) is 14.4. The number of amides is 1. The molecule has 0 bridgehead atoms. The maximum Gasteiger partial charge on any atom is 0.306 e. The largest absolute Gasteiger partial charge is 0.383 e. The quantitative estimate of drug-likeness (QED) is 0.520. The molecule has 2 aromatic rings. The number of carbonyl (C=O) groups is 1. The predicted octanol–water partition coefficient (Wildman–Crippen LogP) is 3.66. The Hall–Kier alpha value is -2.38. The summed E-state index contributed by atoms with van der Waals surface area (Å²) in [6.45, 7) is 3.43. The zero-order chi connectivity index (χ0) is 21.3. The molecule has 7 heteroatoms. The first-order valence-corrected chi connectivity index (χ1v) is 11.5. The Kier molecular flexibility index (Phi) is 8.67. The molecule has 0 aliphatic rings. The van der Waals surface area contributed by atoms with E-state index in [9.17, 15) is 13.2 Å². The minimum absolute atomic E-state index is 0.0689. The lowest BCUT2D eigenvalue weighted by molar-refractivity contribution is 0.0680. The number of methoxy groups -OCH3 is 1. The molecule has 2 aromatic carbocycles. The van der Waals surface area contributed by atoms with Gasteiger partial charge < -0.3 is 13.8 Å². The van der Waals surface area contributed by atoms with Crippen molar-refractivity contribution in [1.29, 1.82) is 0 Å². The highest BCUT2D eigenvalue weighted by molar-refractivity contribution is 7.86. The summed E-state index contributed by atoms with van der Waals surface area (Å²) in [5.41, 5.74) is 2.74. The van der Waals surface area contributed by atoms with Crippen LogP contribution in [0.25, 0.3) is 0 Å². The van der Waals surface area contributed by atoms with E-state index in [1.54, 1.807) is 36.3 Å². The smallest absolute Gasteiger partial charge is 0.306 e. The van der Waals surface area contributed by atoms with Crippen LogP contribution >= 0.6 is 0 Å². The summed E-state index contributed by atoms with van der Waals surface area (Å²) in [5, 5.41) is 0. The summed E-state index contributed by atoms with van der Waals surface area (Å²) >= 11 is 0. The van der Waals surface area contributed by atoms with Gasteiger partial charge >= 0.3 is 10.1 Å². The molecule has 0 aliphatic heterocycles. The van der Waals surface area contributed by atoms with Gasteiger partial charge in [-0.1, -0.05) is 37.6 Å². The third-order valence-corrected chi connectivity index (χ3v) is 4.91. The van der Waals surface area contributed by atoms with E-state index in [-0.39, 0.29) is 11.7 Å². The standard InChI is InChI=1S/C22H29NO5S/c1-4-5-6-18-7-11-20(12-8-18)22(24)23(15-16-27-2)17-19-9-13-21(14-10-19)28-29(3,25)26/h7-14H,4-6,15-17H2,1-3H3. The van der Waals surface area contributed by atoms with Crippen molar-refractivity contribution >= 4 is 16.0 Å². The molecule has 0 aliphatic carbocycles. The molecule has 29 heavy (non-hydrogen) atoms. The number of rotatable bonds is 11. The van der Waals surface area contributed by atoms with Crippen LogP contribution in [0.15, 0.2) is 48.5 Å². The Labute approximate surface area is 173 Å². The van der Waals surface area contributed by atoms with Crippen LogP contribution in [0, 0.1) is 0 Å². The van der Waals surface area contributed by atoms with Crippen LogP contribution in [0.4, 0.5) is 0 Å². The summed E-state index contributed by atoms with van der Waals surface area (Å²) < 4.78 is 32.4. The normalized spacial score (nSPS) is 11.3. The molecule has 6 nitrogen and oxygen atoms in total. The van der Waals surface area contributed by atoms with E-state index in [0.717, 1.165) is 31.1 Å². The second kappa shape index (κ2) is 11.0. The third-order valence-electron chi connectivity index (χ3n) is 4.42. The van der Waals surface area contributed by atoms with E-state index in [2.05, 4.69) is 6.92 Å². The zero-order valence-electron chi connectivity index (χ0n) is 17.3. The SMILES string of the molecule is CCCCc1ccc(C(=O)N(CCOC)Cc2ccc(OS(C)(=O)=O)cc2)cc1. The highest BCUT2D eigenvalue weighted by atomic mass is 32.2. The number of carbonyl (C=O) groups excluding carboxylic acids is 1. The van der Waals surface area contributed by atoms with Gasteiger partial charge in [-0.2, -0.15) is 8.42 Å². The fraction of sp³-hybridized carbons (Fsp3) is 0.409. The Morgan fingerprint density at radius 2 is 1.62 bits per heavy atom. The second-order valence-corrected chi connectivity index (χ2v) is 8.53. The molecule has 0 fully saturated rings. The van der Waals surface area contributed by atoms with Gasteiger partial charge in [-0.05, 0) is 48.2 Å². The summed E-state index contributed by atoms with van der Waals surface area (Å²) in [5.74, 6) is 0.175. The number of hydrogen-bond acceptors (Lipinski definition) is 5. The molecule has 0 unspecified atom stereocenters. The monoisotopic (exact) mass is 419 g/mol. The fourth-order valence-electron chi connectivity index (χ4n) is 2.88. The average Bonchev–Trinajstić information content (AvgIpc) is 2.69. The van der Waals surface area contributed by atoms with Crippen LogP contribution in [-0.2, 0) is 27.8 Å². The van der Waals surface area contributed by atoms with Crippen molar-refractivity contribution in [2.45, 2.75) is 32.7 Å². The Morgan fingerprint density at radius 1 is 1.00 bits per heavy atom. The van der Waals surface area contributed by atoms with Crippen LogP contribution in [0.2, 0.25) is 0 Å². The Balaban J connectivity index is 2.10. The molecule has 0 radical (unpaired) electrons. The number of ether oxygens (including phenoxy) is 1. The first-order chi connectivity index (χ1) is 13.8. The van der Waals surface area contributed by atoms with Gasteiger partial charge in [0.15, 0.2) is 0 Å². The first-order valence-electron chi connectivity index (χ1n) is 9.68. The molecule has 0 spiro atoms. The van der Waals surface area contributed by atoms with Gasteiger partial charge in [0.25, 0.3) is 5.91 Å². The minimum Gasteiger partial charge on any atom is -0.383 e. The molecule has 0 saturated carbocycles. The third kappa shape index (κ3) is 7.87. The number of benzene rings is 2. The van der Waals surface area contributed by atoms with Crippen LogP contribution < -0.4 is 4.18 Å². The van der Waals surface area contributed by atoms with Crippen molar-refractivity contribution in [1.82, 2.24) is 4.90 Å². The molecule has 0 atom stereocenters. The van der Waals surface area contributed by atoms with Crippen molar-refractivity contribution in [2.24, 2.45) is 0 Å². The van der Waals surface area contributed by atoms with Gasteiger partial charge in [0, 0.05) is 25.8 Å². The topological polar surface area (TPSA) is 72.9 Å². The lowest BCUT2D eigenvalue weighted by Gasteiger charge is -2.23. The van der Waals surface area contributed by atoms with E-state index >= 15 is 0 Å². The van der Waals surface area contributed by atoms with Crippen molar-refractivity contribution in [2.75, 3.05) is 26.5 Å². The molecular weight excluding hydrogens is 390 g/mol. The van der Waals surface area contributed by atoms with Crippen molar-refractivity contribution in [3.05, 3.63) is 65.2 Å². The van der Waals surface area contributed by atoms with Gasteiger partial charge in [-0.15, -0.1) is 0 Å². The fourth-order valence-corrected chi connectivity index (χ4v) is 3.34. The molecule has 0 N–H and O–H groups in total. The Morgan fingerprint density at radius 3 is 2.17 bits per heavy atom. The molecule has 158 valence electrons. The minimum atomic E-state index is -3.57. The zero-order valence-corrected chi connectivity index (χ0v) is 18.1. The van der Waals surface area contributed by atoms with E-state index < -0.39 is 10.1 Å². The molecule has 0 aromatic heterocycles. The highest BCUT2D eigenvalue weighted by Crippen LogP contribution is 2.17. The highest BCUT2D eigenvalue weighted by Gasteiger charge is 2.16. The summed E-state index contributed by atoms with van der Waals surface area (Å²) in [4.78, 5) is 14.7. The molecule has 0 heterocycles. The van der Waals surface area contributed by atoms with Crippen LogP contribution in [0.3, 0.4) is 0 Å². The predicted molar refractivity (Wildman–Crippen MR) is 114 cm³/mol. The van der Waals surface area contributed by atoms with Gasteiger partial charge in [0.1, 0.15) is 5.75 Å². The van der Waals surface area contributed by atoms with E-state index in [4.69, 9.17) is 8.92 Å². The Bertz CT molecular complexity index is 876. The van der Waals surface area contributed by atoms with Crippen LogP contribution in [0.5, 0.6) is 5.75 Å². The van der Waals surface area contributed by atoms with Crippen molar-refractivity contribution < 1.29 is 22.1 Å². The number of nitrogens with zero attached hydrogens (tertiary/aromatic N) is 1. The maximum absolute atomic E-state index is 13.0. The first kappa shape index (κ1) is 22.9. The van der Waals surface area contributed by atoms with Gasteiger partial charge in [-0.25, -0.2) is 0 Å². The van der Waals surface area contributed by atoms with Gasteiger partial charge in [0.2, 0.25) is 0 Å². The van der Waals surface area contributed by atoms with E-state index in [1.165, 1.54) is 5.56 Å². The molecule has 2 rings (SSSR count). The van der Waals surface area contributed by atoms with E-state index in [0.29, 0.717) is 25.3 Å². The van der Waals surface area contributed by atoms with Gasteiger partial charge in [0.05, 0.1) is 12.9 Å². The summed E-state index contributed by atoms with van der Waals surface area (Å²) in [7, 11) is -1.97. The summed E-state index contributed by atoms with van der Waals surface area (Å²) in [6.07, 6.45) is 4.28. The van der Waals surface area contributed by atoms with Gasteiger partial charge in [-0.3, -0.25) is 4.79 Å². The van der Waals surface area contributed by atoms with Crippen molar-refractivity contribution in [3.8, 4) is 5.75 Å².